The summed E-state index contributed by atoms with van der Waals surface area (Å²) in [5.41, 5.74) is 3.20. The van der Waals surface area contributed by atoms with Crippen LogP contribution in [0, 0.1) is 6.92 Å². The zero-order chi connectivity index (χ0) is 15.9. The van der Waals surface area contributed by atoms with Crippen molar-refractivity contribution in [1.82, 2.24) is 20.1 Å². The number of fused-ring (bicyclic) bond motifs is 1. The lowest BCUT2D eigenvalue weighted by Crippen LogP contribution is -2.27. The Morgan fingerprint density at radius 2 is 2.27 bits per heavy atom. The Bertz CT molecular complexity index is 716. The standard InChI is InChI=1S/C16H22N4O2/c1-9(21)6-7-17-16(22)12-8-13(11-4-5-11)18-15-14(12)10(2)19-20(15)3/h8-9,11,21H,4-7H2,1-3H3,(H,17,22). The van der Waals surface area contributed by atoms with E-state index in [0.29, 0.717) is 24.4 Å². The van der Waals surface area contributed by atoms with Gasteiger partial charge in [0.2, 0.25) is 0 Å². The van der Waals surface area contributed by atoms with Gasteiger partial charge in [-0.25, -0.2) is 4.98 Å². The van der Waals surface area contributed by atoms with Gasteiger partial charge in [0, 0.05) is 25.2 Å². The van der Waals surface area contributed by atoms with Crippen molar-refractivity contribution in [2.75, 3.05) is 6.54 Å². The quantitative estimate of drug-likeness (QED) is 0.880. The van der Waals surface area contributed by atoms with Gasteiger partial charge in [-0.15, -0.1) is 0 Å². The molecule has 2 heterocycles. The summed E-state index contributed by atoms with van der Waals surface area (Å²) in [6.07, 6.45) is 2.40. The number of aromatic nitrogens is 3. The molecule has 0 spiro atoms. The summed E-state index contributed by atoms with van der Waals surface area (Å²) in [5, 5.41) is 17.4. The fraction of sp³-hybridized carbons (Fsp3) is 0.562. The average Bonchev–Trinajstić information content (AvgIpc) is 3.25. The Morgan fingerprint density at radius 1 is 1.55 bits per heavy atom. The second kappa shape index (κ2) is 5.68. The van der Waals surface area contributed by atoms with E-state index in [1.54, 1.807) is 11.6 Å². The number of aliphatic hydroxyl groups is 1. The van der Waals surface area contributed by atoms with E-state index in [1.807, 2.05) is 20.0 Å². The lowest BCUT2D eigenvalue weighted by molar-refractivity contribution is 0.0947. The predicted octanol–water partition coefficient (Wildman–Crippen LogP) is 1.65. The summed E-state index contributed by atoms with van der Waals surface area (Å²) >= 11 is 0. The largest absolute Gasteiger partial charge is 0.393 e. The molecule has 2 aromatic heterocycles. The second-order valence-corrected chi connectivity index (χ2v) is 6.17. The molecule has 6 heteroatoms. The Hall–Kier alpha value is -1.95. The van der Waals surface area contributed by atoms with Gasteiger partial charge in [0.25, 0.3) is 5.91 Å². The van der Waals surface area contributed by atoms with Crippen molar-refractivity contribution < 1.29 is 9.90 Å². The predicted molar refractivity (Wildman–Crippen MR) is 83.9 cm³/mol. The zero-order valence-electron chi connectivity index (χ0n) is 13.3. The highest BCUT2D eigenvalue weighted by Crippen LogP contribution is 2.40. The van der Waals surface area contributed by atoms with Crippen molar-refractivity contribution >= 4 is 16.9 Å². The molecule has 0 aliphatic heterocycles. The van der Waals surface area contributed by atoms with Gasteiger partial charge in [0.05, 0.1) is 22.7 Å². The van der Waals surface area contributed by atoms with Crippen molar-refractivity contribution in [1.29, 1.82) is 0 Å². The van der Waals surface area contributed by atoms with Gasteiger partial charge in [-0.2, -0.15) is 5.10 Å². The Labute approximate surface area is 129 Å². The van der Waals surface area contributed by atoms with Crippen LogP contribution in [-0.2, 0) is 7.05 Å². The third-order valence-corrected chi connectivity index (χ3v) is 4.08. The Morgan fingerprint density at radius 3 is 2.91 bits per heavy atom. The van der Waals surface area contributed by atoms with Gasteiger partial charge in [0.1, 0.15) is 0 Å². The third kappa shape index (κ3) is 2.83. The molecule has 0 saturated heterocycles. The molecule has 1 aliphatic rings. The van der Waals surface area contributed by atoms with Crippen molar-refractivity contribution in [3.8, 4) is 0 Å². The number of amides is 1. The van der Waals surface area contributed by atoms with Crippen LogP contribution in [-0.4, -0.2) is 38.4 Å². The average molecular weight is 302 g/mol. The summed E-state index contributed by atoms with van der Waals surface area (Å²) in [7, 11) is 1.86. The summed E-state index contributed by atoms with van der Waals surface area (Å²) in [5.74, 6) is 0.356. The van der Waals surface area contributed by atoms with Crippen LogP contribution in [0.2, 0.25) is 0 Å². The molecule has 2 aromatic rings. The normalized spacial score (nSPS) is 16.0. The fourth-order valence-corrected chi connectivity index (χ4v) is 2.72. The van der Waals surface area contributed by atoms with E-state index >= 15 is 0 Å². The monoisotopic (exact) mass is 302 g/mol. The SMILES string of the molecule is Cc1nn(C)c2nc(C3CC3)cc(C(=O)NCCC(C)O)c12. The van der Waals surface area contributed by atoms with Crippen LogP contribution in [0.25, 0.3) is 11.0 Å². The fourth-order valence-electron chi connectivity index (χ4n) is 2.72. The van der Waals surface area contributed by atoms with E-state index in [1.165, 1.54) is 0 Å². The smallest absolute Gasteiger partial charge is 0.252 e. The molecular formula is C16H22N4O2. The topological polar surface area (TPSA) is 80.0 Å². The van der Waals surface area contributed by atoms with Crippen molar-refractivity contribution in [3.63, 3.8) is 0 Å². The van der Waals surface area contributed by atoms with E-state index in [4.69, 9.17) is 0 Å². The second-order valence-electron chi connectivity index (χ2n) is 6.17. The molecule has 3 rings (SSSR count). The van der Waals surface area contributed by atoms with Gasteiger partial charge in [-0.05, 0) is 39.2 Å². The van der Waals surface area contributed by atoms with Crippen LogP contribution in [0.5, 0.6) is 0 Å². The van der Waals surface area contributed by atoms with E-state index in [9.17, 15) is 9.90 Å². The first kappa shape index (κ1) is 15.0. The number of aryl methyl sites for hydroxylation is 2. The van der Waals surface area contributed by atoms with Gasteiger partial charge in [0.15, 0.2) is 5.65 Å². The maximum atomic E-state index is 12.5. The summed E-state index contributed by atoms with van der Waals surface area (Å²) in [6, 6.07) is 1.91. The van der Waals surface area contributed by atoms with Crippen molar-refractivity contribution in [3.05, 3.63) is 23.0 Å². The third-order valence-electron chi connectivity index (χ3n) is 4.08. The molecule has 0 bridgehead atoms. The number of carbonyl (C=O) groups excluding carboxylic acids is 1. The molecule has 0 aromatic carbocycles. The molecule has 6 nitrogen and oxygen atoms in total. The number of hydrogen-bond donors (Lipinski definition) is 2. The molecule has 1 saturated carbocycles. The van der Waals surface area contributed by atoms with Crippen LogP contribution in [0.4, 0.5) is 0 Å². The summed E-state index contributed by atoms with van der Waals surface area (Å²) in [4.78, 5) is 17.2. The van der Waals surface area contributed by atoms with Crippen LogP contribution in [0.1, 0.15) is 53.8 Å². The molecule has 22 heavy (non-hydrogen) atoms. The van der Waals surface area contributed by atoms with Crippen LogP contribution in [0.3, 0.4) is 0 Å². The first-order valence-corrected chi connectivity index (χ1v) is 7.78. The van der Waals surface area contributed by atoms with Crippen molar-refractivity contribution in [2.24, 2.45) is 7.05 Å². The lowest BCUT2D eigenvalue weighted by atomic mass is 10.1. The minimum atomic E-state index is -0.417. The molecule has 2 N–H and O–H groups in total. The molecule has 0 radical (unpaired) electrons. The molecule has 118 valence electrons. The number of carbonyl (C=O) groups is 1. The minimum Gasteiger partial charge on any atom is -0.393 e. The molecular weight excluding hydrogens is 280 g/mol. The number of pyridine rings is 1. The number of hydrogen-bond acceptors (Lipinski definition) is 4. The Kier molecular flexibility index (Phi) is 3.87. The first-order valence-electron chi connectivity index (χ1n) is 7.78. The first-order chi connectivity index (χ1) is 10.5. The van der Waals surface area contributed by atoms with Crippen LogP contribution >= 0.6 is 0 Å². The minimum absolute atomic E-state index is 0.119. The molecule has 1 atom stereocenters. The van der Waals surface area contributed by atoms with E-state index in [2.05, 4.69) is 15.4 Å². The Balaban J connectivity index is 1.97. The van der Waals surface area contributed by atoms with Gasteiger partial charge < -0.3 is 10.4 Å². The number of aliphatic hydroxyl groups excluding tert-OH is 1. The molecule has 1 fully saturated rings. The summed E-state index contributed by atoms with van der Waals surface area (Å²) in [6.45, 7) is 4.07. The van der Waals surface area contributed by atoms with Gasteiger partial charge >= 0.3 is 0 Å². The van der Waals surface area contributed by atoms with E-state index < -0.39 is 6.10 Å². The number of rotatable bonds is 5. The highest BCUT2D eigenvalue weighted by atomic mass is 16.3. The van der Waals surface area contributed by atoms with Gasteiger partial charge in [-0.1, -0.05) is 0 Å². The highest BCUT2D eigenvalue weighted by Gasteiger charge is 2.28. The molecule has 1 aliphatic carbocycles. The summed E-state index contributed by atoms with van der Waals surface area (Å²) < 4.78 is 1.74. The van der Waals surface area contributed by atoms with E-state index in [-0.39, 0.29) is 5.91 Å². The molecule has 1 unspecified atom stereocenters. The van der Waals surface area contributed by atoms with Gasteiger partial charge in [-0.3, -0.25) is 9.48 Å². The highest BCUT2D eigenvalue weighted by molar-refractivity contribution is 6.06. The number of nitrogens with zero attached hydrogens (tertiary/aromatic N) is 3. The maximum Gasteiger partial charge on any atom is 0.252 e. The molecule has 1 amide bonds. The van der Waals surface area contributed by atoms with E-state index in [0.717, 1.165) is 35.3 Å². The van der Waals surface area contributed by atoms with Crippen LogP contribution in [0.15, 0.2) is 6.07 Å². The van der Waals surface area contributed by atoms with Crippen molar-refractivity contribution in [2.45, 2.75) is 45.1 Å². The lowest BCUT2D eigenvalue weighted by Gasteiger charge is -2.09. The zero-order valence-corrected chi connectivity index (χ0v) is 13.3. The number of nitrogens with one attached hydrogen (secondary N) is 1. The maximum absolute atomic E-state index is 12.5. The van der Waals surface area contributed by atoms with Crippen LogP contribution < -0.4 is 5.32 Å².